The van der Waals surface area contributed by atoms with Crippen LogP contribution in [0.2, 0.25) is 0 Å². The largest absolute Gasteiger partial charge is 0.294 e. The van der Waals surface area contributed by atoms with Crippen molar-refractivity contribution in [3.05, 3.63) is 29.7 Å². The fraction of sp³-hybridized carbons (Fsp3) is 0.222. The molecule has 0 amide bonds. The minimum Gasteiger partial charge on any atom is -0.294 e. The summed E-state index contributed by atoms with van der Waals surface area (Å²) in [6.07, 6.45) is 3.26. The number of hydrogen-bond donors (Lipinski definition) is 0. The van der Waals surface area contributed by atoms with E-state index in [-0.39, 0.29) is 5.78 Å². The predicted octanol–water partition coefficient (Wildman–Crippen LogP) is 1.24. The van der Waals surface area contributed by atoms with Crippen LogP contribution in [0.25, 0.3) is 5.65 Å². The Labute approximate surface area is 75.2 Å². The van der Waals surface area contributed by atoms with E-state index in [1.165, 1.54) is 6.92 Å². The van der Waals surface area contributed by atoms with Gasteiger partial charge < -0.3 is 0 Å². The monoisotopic (exact) mass is 175 g/mol. The van der Waals surface area contributed by atoms with Crippen LogP contribution in [0.15, 0.2) is 18.5 Å². The van der Waals surface area contributed by atoms with Gasteiger partial charge in [0.05, 0.1) is 17.5 Å². The topological polar surface area (TPSA) is 47.3 Å². The molecule has 66 valence electrons. The fourth-order valence-electron chi connectivity index (χ4n) is 1.34. The lowest BCUT2D eigenvalue weighted by Gasteiger charge is -2.02. The molecule has 0 spiro atoms. The van der Waals surface area contributed by atoms with Gasteiger partial charge in [-0.2, -0.15) is 5.10 Å². The summed E-state index contributed by atoms with van der Waals surface area (Å²) in [5.41, 5.74) is 2.22. The number of aromatic nitrogens is 3. The van der Waals surface area contributed by atoms with E-state index in [4.69, 9.17) is 0 Å². The van der Waals surface area contributed by atoms with Crippen LogP contribution < -0.4 is 0 Å². The lowest BCUT2D eigenvalue weighted by molar-refractivity contribution is 0.101. The van der Waals surface area contributed by atoms with Gasteiger partial charge in [0.1, 0.15) is 0 Å². The summed E-state index contributed by atoms with van der Waals surface area (Å²) in [7, 11) is 0. The van der Waals surface area contributed by atoms with E-state index in [2.05, 4.69) is 10.1 Å². The number of Topliss-reactive ketones (excluding diaryl/α,β-unsaturated/α-hetero) is 1. The number of rotatable bonds is 1. The number of aryl methyl sites for hydroxylation is 1. The minimum atomic E-state index is 0.0161. The normalized spacial score (nSPS) is 10.6. The van der Waals surface area contributed by atoms with Gasteiger partial charge in [-0.1, -0.05) is 0 Å². The Hall–Kier alpha value is -1.71. The molecule has 4 heteroatoms. The second-order valence-corrected chi connectivity index (χ2v) is 2.91. The average Bonchev–Trinajstić information content (AvgIpc) is 2.52. The minimum absolute atomic E-state index is 0.0161. The van der Waals surface area contributed by atoms with Gasteiger partial charge in [0.2, 0.25) is 0 Å². The number of carbonyl (C=O) groups excluding carboxylic acids is 1. The number of ketones is 1. The zero-order chi connectivity index (χ0) is 9.42. The van der Waals surface area contributed by atoms with Gasteiger partial charge in [-0.15, -0.1) is 0 Å². The quantitative estimate of drug-likeness (QED) is 0.612. The molecule has 0 N–H and O–H groups in total. The molecule has 0 bridgehead atoms. The molecule has 13 heavy (non-hydrogen) atoms. The van der Waals surface area contributed by atoms with Crippen LogP contribution in [0.5, 0.6) is 0 Å². The standard InChI is InChI=1S/C9H9N3O/c1-6-8(7(2)13)5-10-9-3-4-11-12(6)9/h3-5H,1-2H3. The van der Waals surface area contributed by atoms with Crippen molar-refractivity contribution in [2.75, 3.05) is 0 Å². The van der Waals surface area contributed by atoms with Gasteiger partial charge >= 0.3 is 0 Å². The predicted molar refractivity (Wildman–Crippen MR) is 47.7 cm³/mol. The van der Waals surface area contributed by atoms with Crippen LogP contribution in [-0.4, -0.2) is 20.4 Å². The first kappa shape index (κ1) is 7.91. The first-order valence-electron chi connectivity index (χ1n) is 4.00. The van der Waals surface area contributed by atoms with Gasteiger partial charge in [0, 0.05) is 12.3 Å². The van der Waals surface area contributed by atoms with Crippen molar-refractivity contribution in [2.45, 2.75) is 13.8 Å². The Morgan fingerprint density at radius 1 is 1.54 bits per heavy atom. The van der Waals surface area contributed by atoms with E-state index in [1.807, 2.05) is 6.92 Å². The van der Waals surface area contributed by atoms with Crippen molar-refractivity contribution in [2.24, 2.45) is 0 Å². The third kappa shape index (κ3) is 1.11. The van der Waals surface area contributed by atoms with Crippen molar-refractivity contribution < 1.29 is 4.79 Å². The highest BCUT2D eigenvalue weighted by molar-refractivity contribution is 5.94. The molecular formula is C9H9N3O. The first-order chi connectivity index (χ1) is 6.20. The van der Waals surface area contributed by atoms with E-state index < -0.39 is 0 Å². The molecule has 2 aromatic rings. The fourth-order valence-corrected chi connectivity index (χ4v) is 1.34. The SMILES string of the molecule is CC(=O)c1cnc2ccnn2c1C. The van der Waals surface area contributed by atoms with Crippen LogP contribution in [0.1, 0.15) is 23.0 Å². The molecule has 0 aliphatic carbocycles. The van der Waals surface area contributed by atoms with Gasteiger partial charge in [-0.25, -0.2) is 9.50 Å². The number of hydrogen-bond acceptors (Lipinski definition) is 3. The Balaban J connectivity index is 2.80. The molecule has 0 unspecified atom stereocenters. The van der Waals surface area contributed by atoms with Gasteiger partial charge in [0.25, 0.3) is 0 Å². The average molecular weight is 175 g/mol. The van der Waals surface area contributed by atoms with Crippen LogP contribution >= 0.6 is 0 Å². The molecule has 2 heterocycles. The maximum Gasteiger partial charge on any atom is 0.163 e. The zero-order valence-corrected chi connectivity index (χ0v) is 7.48. The Bertz CT molecular complexity index is 473. The molecule has 0 aliphatic rings. The summed E-state index contributed by atoms with van der Waals surface area (Å²) in [5.74, 6) is 0.0161. The van der Waals surface area contributed by atoms with Crippen molar-refractivity contribution in [1.82, 2.24) is 14.6 Å². The van der Waals surface area contributed by atoms with E-state index in [9.17, 15) is 4.79 Å². The van der Waals surface area contributed by atoms with Gasteiger partial charge in [0.15, 0.2) is 11.4 Å². The zero-order valence-electron chi connectivity index (χ0n) is 7.48. The van der Waals surface area contributed by atoms with E-state index in [0.717, 1.165) is 11.3 Å². The van der Waals surface area contributed by atoms with Crippen molar-refractivity contribution >= 4 is 11.4 Å². The maximum absolute atomic E-state index is 11.2. The molecule has 0 aromatic carbocycles. The molecule has 2 aromatic heterocycles. The summed E-state index contributed by atoms with van der Waals surface area (Å²) in [6, 6.07) is 1.80. The molecule has 0 saturated carbocycles. The molecule has 0 radical (unpaired) electrons. The van der Waals surface area contributed by atoms with Gasteiger partial charge in [-0.05, 0) is 13.8 Å². The highest BCUT2D eigenvalue weighted by Crippen LogP contribution is 2.08. The number of fused-ring (bicyclic) bond motifs is 1. The maximum atomic E-state index is 11.2. The third-order valence-corrected chi connectivity index (χ3v) is 2.04. The highest BCUT2D eigenvalue weighted by Gasteiger charge is 2.07. The summed E-state index contributed by atoms with van der Waals surface area (Å²) in [6.45, 7) is 3.39. The van der Waals surface area contributed by atoms with Crippen LogP contribution in [0.4, 0.5) is 0 Å². The molecule has 0 fully saturated rings. The Kier molecular flexibility index (Phi) is 1.62. The van der Waals surface area contributed by atoms with Crippen LogP contribution in [0, 0.1) is 6.92 Å². The molecule has 4 nitrogen and oxygen atoms in total. The van der Waals surface area contributed by atoms with E-state index >= 15 is 0 Å². The molecule has 0 atom stereocenters. The smallest absolute Gasteiger partial charge is 0.163 e. The van der Waals surface area contributed by atoms with Gasteiger partial charge in [-0.3, -0.25) is 4.79 Å². The van der Waals surface area contributed by atoms with Crippen molar-refractivity contribution in [1.29, 1.82) is 0 Å². The number of carbonyl (C=O) groups is 1. The van der Waals surface area contributed by atoms with Crippen LogP contribution in [-0.2, 0) is 0 Å². The van der Waals surface area contributed by atoms with Crippen LogP contribution in [0.3, 0.4) is 0 Å². The van der Waals surface area contributed by atoms with E-state index in [0.29, 0.717) is 5.56 Å². The second kappa shape index (κ2) is 2.65. The Morgan fingerprint density at radius 2 is 2.31 bits per heavy atom. The Morgan fingerprint density at radius 3 is 3.00 bits per heavy atom. The van der Waals surface area contributed by atoms with Crippen molar-refractivity contribution in [3.8, 4) is 0 Å². The summed E-state index contributed by atoms with van der Waals surface area (Å²) in [5, 5.41) is 4.06. The summed E-state index contributed by atoms with van der Waals surface area (Å²) >= 11 is 0. The molecule has 0 saturated heterocycles. The van der Waals surface area contributed by atoms with E-state index in [1.54, 1.807) is 23.0 Å². The summed E-state index contributed by atoms with van der Waals surface area (Å²) in [4.78, 5) is 15.3. The number of nitrogens with zero attached hydrogens (tertiary/aromatic N) is 3. The lowest BCUT2D eigenvalue weighted by Crippen LogP contribution is -2.04. The summed E-state index contributed by atoms with van der Waals surface area (Å²) < 4.78 is 1.66. The second-order valence-electron chi connectivity index (χ2n) is 2.91. The lowest BCUT2D eigenvalue weighted by atomic mass is 10.2. The molecule has 0 aliphatic heterocycles. The highest BCUT2D eigenvalue weighted by atomic mass is 16.1. The third-order valence-electron chi connectivity index (χ3n) is 2.04. The molecule has 2 rings (SSSR count). The first-order valence-corrected chi connectivity index (χ1v) is 4.00. The van der Waals surface area contributed by atoms with Crippen molar-refractivity contribution in [3.63, 3.8) is 0 Å². The molecular weight excluding hydrogens is 166 g/mol.